The SMILES string of the molecule is CC(C)CC(=O)N1CCCCC1(C)CN. The van der Waals surface area contributed by atoms with Crippen molar-refractivity contribution < 1.29 is 4.79 Å². The number of hydrogen-bond acceptors (Lipinski definition) is 2. The Kier molecular flexibility index (Phi) is 4.14. The van der Waals surface area contributed by atoms with Crippen LogP contribution in [0.4, 0.5) is 0 Å². The van der Waals surface area contributed by atoms with Crippen molar-refractivity contribution in [3.05, 3.63) is 0 Å². The molecule has 1 aliphatic rings. The van der Waals surface area contributed by atoms with Crippen LogP contribution < -0.4 is 5.73 Å². The summed E-state index contributed by atoms with van der Waals surface area (Å²) < 4.78 is 0. The van der Waals surface area contributed by atoms with Crippen molar-refractivity contribution in [2.45, 2.75) is 52.0 Å². The summed E-state index contributed by atoms with van der Waals surface area (Å²) in [7, 11) is 0. The second-order valence-electron chi connectivity index (χ2n) is 5.30. The average Bonchev–Trinajstić information content (AvgIpc) is 2.17. The molecule has 0 spiro atoms. The third-order valence-corrected chi connectivity index (χ3v) is 3.32. The minimum absolute atomic E-state index is 0.0930. The van der Waals surface area contributed by atoms with Crippen molar-refractivity contribution in [2.24, 2.45) is 11.7 Å². The zero-order chi connectivity index (χ0) is 11.5. The van der Waals surface area contributed by atoms with Crippen LogP contribution in [0, 0.1) is 5.92 Å². The monoisotopic (exact) mass is 212 g/mol. The Morgan fingerprint density at radius 2 is 2.13 bits per heavy atom. The molecule has 0 aromatic carbocycles. The Morgan fingerprint density at radius 3 is 2.67 bits per heavy atom. The quantitative estimate of drug-likeness (QED) is 0.775. The summed E-state index contributed by atoms with van der Waals surface area (Å²) in [5, 5.41) is 0. The molecule has 1 amide bonds. The largest absolute Gasteiger partial charge is 0.336 e. The molecule has 2 N–H and O–H groups in total. The summed E-state index contributed by atoms with van der Waals surface area (Å²) in [6.45, 7) is 7.75. The molecule has 88 valence electrons. The van der Waals surface area contributed by atoms with E-state index in [0.29, 0.717) is 18.9 Å². The van der Waals surface area contributed by atoms with Gasteiger partial charge in [-0.2, -0.15) is 0 Å². The van der Waals surface area contributed by atoms with Crippen molar-refractivity contribution >= 4 is 5.91 Å². The Hall–Kier alpha value is -0.570. The highest BCUT2D eigenvalue weighted by Crippen LogP contribution is 2.28. The van der Waals surface area contributed by atoms with E-state index in [9.17, 15) is 4.79 Å². The van der Waals surface area contributed by atoms with Crippen LogP contribution in [0.2, 0.25) is 0 Å². The first-order chi connectivity index (χ1) is 6.99. The first kappa shape index (κ1) is 12.5. The van der Waals surface area contributed by atoms with E-state index in [1.165, 1.54) is 6.42 Å². The fourth-order valence-corrected chi connectivity index (χ4v) is 2.28. The second kappa shape index (κ2) is 4.97. The van der Waals surface area contributed by atoms with Crippen molar-refractivity contribution in [2.75, 3.05) is 13.1 Å². The summed E-state index contributed by atoms with van der Waals surface area (Å²) in [5.41, 5.74) is 5.71. The summed E-state index contributed by atoms with van der Waals surface area (Å²) in [6, 6.07) is 0. The standard InChI is InChI=1S/C12H24N2O/c1-10(2)8-11(15)14-7-5-4-6-12(14,3)9-13/h10H,4-9,13H2,1-3H3. The third-order valence-electron chi connectivity index (χ3n) is 3.32. The van der Waals surface area contributed by atoms with Gasteiger partial charge in [-0.05, 0) is 32.1 Å². The maximum Gasteiger partial charge on any atom is 0.223 e. The minimum Gasteiger partial charge on any atom is -0.336 e. The van der Waals surface area contributed by atoms with Gasteiger partial charge in [0, 0.05) is 19.5 Å². The lowest BCUT2D eigenvalue weighted by molar-refractivity contribution is -0.139. The number of rotatable bonds is 3. The fraction of sp³-hybridized carbons (Fsp3) is 0.917. The molecule has 15 heavy (non-hydrogen) atoms. The normalized spacial score (nSPS) is 27.1. The number of carbonyl (C=O) groups is 1. The minimum atomic E-state index is -0.0930. The maximum atomic E-state index is 12.1. The Bertz CT molecular complexity index is 228. The van der Waals surface area contributed by atoms with E-state index in [1.807, 2.05) is 4.90 Å². The van der Waals surface area contributed by atoms with Gasteiger partial charge in [0.2, 0.25) is 5.91 Å². The van der Waals surface area contributed by atoms with Gasteiger partial charge in [0.05, 0.1) is 5.54 Å². The topological polar surface area (TPSA) is 46.3 Å². The highest BCUT2D eigenvalue weighted by atomic mass is 16.2. The molecule has 1 atom stereocenters. The van der Waals surface area contributed by atoms with E-state index < -0.39 is 0 Å². The van der Waals surface area contributed by atoms with Crippen LogP contribution in [0.3, 0.4) is 0 Å². The van der Waals surface area contributed by atoms with Gasteiger partial charge in [0.1, 0.15) is 0 Å². The van der Waals surface area contributed by atoms with Gasteiger partial charge in [-0.1, -0.05) is 13.8 Å². The van der Waals surface area contributed by atoms with E-state index in [0.717, 1.165) is 19.4 Å². The van der Waals surface area contributed by atoms with Gasteiger partial charge < -0.3 is 10.6 Å². The lowest BCUT2D eigenvalue weighted by atomic mass is 9.88. The molecule has 3 heteroatoms. The Labute approximate surface area is 93.0 Å². The first-order valence-corrected chi connectivity index (χ1v) is 6.00. The van der Waals surface area contributed by atoms with Crippen LogP contribution in [0.5, 0.6) is 0 Å². The van der Waals surface area contributed by atoms with E-state index >= 15 is 0 Å². The molecule has 0 bridgehead atoms. The van der Waals surface area contributed by atoms with Gasteiger partial charge in [-0.25, -0.2) is 0 Å². The van der Waals surface area contributed by atoms with Gasteiger partial charge in [0.25, 0.3) is 0 Å². The average molecular weight is 212 g/mol. The van der Waals surface area contributed by atoms with Crippen molar-refractivity contribution in [1.29, 1.82) is 0 Å². The number of hydrogen-bond donors (Lipinski definition) is 1. The number of amides is 1. The van der Waals surface area contributed by atoms with E-state index in [-0.39, 0.29) is 11.4 Å². The molecule has 1 heterocycles. The molecule has 1 rings (SSSR count). The predicted octanol–water partition coefficient (Wildman–Crippen LogP) is 1.76. The molecular weight excluding hydrogens is 188 g/mol. The highest BCUT2D eigenvalue weighted by molar-refractivity contribution is 5.77. The van der Waals surface area contributed by atoms with Crippen LogP contribution in [-0.4, -0.2) is 29.4 Å². The molecule has 0 aromatic heterocycles. The van der Waals surface area contributed by atoms with Crippen molar-refractivity contribution in [3.8, 4) is 0 Å². The molecule has 1 unspecified atom stereocenters. The van der Waals surface area contributed by atoms with Crippen molar-refractivity contribution in [1.82, 2.24) is 4.90 Å². The fourth-order valence-electron chi connectivity index (χ4n) is 2.28. The molecule has 0 aromatic rings. The van der Waals surface area contributed by atoms with Crippen LogP contribution in [-0.2, 0) is 4.79 Å². The van der Waals surface area contributed by atoms with Gasteiger partial charge in [0.15, 0.2) is 0 Å². The Balaban J connectivity index is 2.68. The number of piperidine rings is 1. The van der Waals surface area contributed by atoms with Gasteiger partial charge >= 0.3 is 0 Å². The highest BCUT2D eigenvalue weighted by Gasteiger charge is 2.35. The maximum absolute atomic E-state index is 12.1. The summed E-state index contributed by atoms with van der Waals surface area (Å²) in [6.07, 6.45) is 4.02. The summed E-state index contributed by atoms with van der Waals surface area (Å²) in [5.74, 6) is 0.708. The molecule has 1 fully saturated rings. The molecule has 0 aliphatic carbocycles. The number of nitrogens with zero attached hydrogens (tertiary/aromatic N) is 1. The third kappa shape index (κ3) is 2.94. The molecule has 1 aliphatic heterocycles. The van der Waals surface area contributed by atoms with Gasteiger partial charge in [-0.3, -0.25) is 4.79 Å². The van der Waals surface area contributed by atoms with Crippen LogP contribution in [0.25, 0.3) is 0 Å². The first-order valence-electron chi connectivity index (χ1n) is 6.00. The van der Waals surface area contributed by atoms with Crippen LogP contribution >= 0.6 is 0 Å². The second-order valence-corrected chi connectivity index (χ2v) is 5.30. The Morgan fingerprint density at radius 1 is 1.47 bits per heavy atom. The molecule has 0 radical (unpaired) electrons. The molecule has 1 saturated heterocycles. The lowest BCUT2D eigenvalue weighted by Crippen LogP contribution is -2.56. The predicted molar refractivity (Wildman–Crippen MR) is 62.5 cm³/mol. The summed E-state index contributed by atoms with van der Waals surface area (Å²) in [4.78, 5) is 14.1. The van der Waals surface area contributed by atoms with E-state index in [2.05, 4.69) is 20.8 Å². The number of carbonyl (C=O) groups excluding carboxylic acids is 1. The smallest absolute Gasteiger partial charge is 0.223 e. The van der Waals surface area contributed by atoms with Gasteiger partial charge in [-0.15, -0.1) is 0 Å². The van der Waals surface area contributed by atoms with Crippen LogP contribution in [0.15, 0.2) is 0 Å². The van der Waals surface area contributed by atoms with E-state index in [1.54, 1.807) is 0 Å². The zero-order valence-corrected chi connectivity index (χ0v) is 10.3. The lowest BCUT2D eigenvalue weighted by Gasteiger charge is -2.44. The van der Waals surface area contributed by atoms with E-state index in [4.69, 9.17) is 5.73 Å². The summed E-state index contributed by atoms with van der Waals surface area (Å²) >= 11 is 0. The van der Waals surface area contributed by atoms with Crippen LogP contribution in [0.1, 0.15) is 46.5 Å². The zero-order valence-electron chi connectivity index (χ0n) is 10.3. The molecular formula is C12H24N2O. The molecule has 3 nitrogen and oxygen atoms in total. The number of nitrogens with two attached hydrogens (primary N) is 1. The van der Waals surface area contributed by atoms with Crippen molar-refractivity contribution in [3.63, 3.8) is 0 Å². The molecule has 0 saturated carbocycles. The number of likely N-dealkylation sites (tertiary alicyclic amines) is 1.